The van der Waals surface area contributed by atoms with Crippen LogP contribution in [-0.4, -0.2) is 11.6 Å². The molecular weight excluding hydrogens is 464 g/mol. The number of hydrogen-bond acceptors (Lipinski definition) is 2. The maximum absolute atomic E-state index is 11.5. The summed E-state index contributed by atoms with van der Waals surface area (Å²) in [5.41, 5.74) is 3.36. The largest absolute Gasteiger partial charge is 0.344 e. The highest BCUT2D eigenvalue weighted by molar-refractivity contribution is 6.30. The van der Waals surface area contributed by atoms with E-state index < -0.39 is 0 Å². The predicted octanol–water partition coefficient (Wildman–Crippen LogP) is 10.4. The molecule has 0 saturated heterocycles. The topological polar surface area (TPSA) is 41.5 Å². The van der Waals surface area contributed by atoms with Crippen molar-refractivity contribution in [2.45, 2.75) is 86.0 Å². The molecule has 196 valence electrons. The van der Waals surface area contributed by atoms with Crippen LogP contribution in [-0.2, 0) is 0 Å². The standard InChI is InChI=1S/C23H25ClN2O.C9H20/c1-5-7-22(19-8-12-20(24)13-9-19)26-23(16(3)6-2)25-21-14-10-18(11-15-21)17(4)27;1-3-5-7-9-8-6-4-2/h5,7-16H,1,6H2,2-4H3,(H,25,26);3-9H2,1-2H3/b22-7-;. The van der Waals surface area contributed by atoms with E-state index in [4.69, 9.17) is 16.6 Å². The number of amidine groups is 1. The molecule has 1 unspecified atom stereocenters. The monoisotopic (exact) mass is 508 g/mol. The zero-order chi connectivity index (χ0) is 26.8. The third-order valence-electron chi connectivity index (χ3n) is 6.01. The summed E-state index contributed by atoms with van der Waals surface area (Å²) >= 11 is 6.00. The van der Waals surface area contributed by atoms with Crippen LogP contribution in [0.15, 0.2) is 72.3 Å². The van der Waals surface area contributed by atoms with Crippen LogP contribution in [0, 0.1) is 5.92 Å². The zero-order valence-corrected chi connectivity index (χ0v) is 23.7. The van der Waals surface area contributed by atoms with Crippen LogP contribution in [0.4, 0.5) is 5.69 Å². The van der Waals surface area contributed by atoms with E-state index in [-0.39, 0.29) is 11.7 Å². The van der Waals surface area contributed by atoms with Crippen molar-refractivity contribution in [1.29, 1.82) is 0 Å². The molecule has 2 aromatic carbocycles. The number of unbranched alkanes of at least 4 members (excludes halogenated alkanes) is 6. The fraction of sp³-hybridized carbons (Fsp3) is 0.438. The fourth-order valence-corrected chi connectivity index (χ4v) is 3.61. The summed E-state index contributed by atoms with van der Waals surface area (Å²) in [7, 11) is 0. The molecule has 0 saturated carbocycles. The van der Waals surface area contributed by atoms with E-state index in [1.165, 1.54) is 44.9 Å². The average Bonchev–Trinajstić information content (AvgIpc) is 2.88. The zero-order valence-electron chi connectivity index (χ0n) is 22.9. The summed E-state index contributed by atoms with van der Waals surface area (Å²) in [4.78, 5) is 16.3. The van der Waals surface area contributed by atoms with Crippen molar-refractivity contribution < 1.29 is 4.79 Å². The second kappa shape index (κ2) is 18.6. The minimum atomic E-state index is 0.0521. The Morgan fingerprint density at radius 3 is 1.92 bits per heavy atom. The molecule has 0 aliphatic heterocycles. The molecular formula is C32H45ClN2O. The van der Waals surface area contributed by atoms with Crippen molar-refractivity contribution >= 4 is 34.6 Å². The quantitative estimate of drug-likeness (QED) is 0.0960. The lowest BCUT2D eigenvalue weighted by molar-refractivity contribution is 0.101. The third-order valence-corrected chi connectivity index (χ3v) is 6.26. The van der Waals surface area contributed by atoms with Crippen LogP contribution in [0.2, 0.25) is 5.02 Å². The van der Waals surface area contributed by atoms with E-state index in [1.54, 1.807) is 13.0 Å². The molecule has 3 nitrogen and oxygen atoms in total. The van der Waals surface area contributed by atoms with Gasteiger partial charge in [-0.25, -0.2) is 4.99 Å². The van der Waals surface area contributed by atoms with Gasteiger partial charge in [-0.2, -0.15) is 0 Å². The molecule has 0 fully saturated rings. The Morgan fingerprint density at radius 1 is 0.917 bits per heavy atom. The predicted molar refractivity (Wildman–Crippen MR) is 160 cm³/mol. The fourth-order valence-electron chi connectivity index (χ4n) is 3.48. The van der Waals surface area contributed by atoms with Crippen LogP contribution in [0.1, 0.15) is 102 Å². The second-order valence-corrected chi connectivity index (χ2v) is 9.56. The van der Waals surface area contributed by atoms with Gasteiger partial charge in [0.2, 0.25) is 0 Å². The number of carbonyl (C=O) groups excluding carboxylic acids is 1. The summed E-state index contributed by atoms with van der Waals surface area (Å²) in [6.45, 7) is 14.1. The van der Waals surface area contributed by atoms with Gasteiger partial charge in [-0.3, -0.25) is 4.79 Å². The van der Waals surface area contributed by atoms with Crippen LogP contribution in [0.5, 0.6) is 0 Å². The second-order valence-electron chi connectivity index (χ2n) is 9.13. The highest BCUT2D eigenvalue weighted by atomic mass is 35.5. The summed E-state index contributed by atoms with van der Waals surface area (Å²) < 4.78 is 0. The van der Waals surface area contributed by atoms with E-state index >= 15 is 0 Å². The molecule has 0 aliphatic rings. The van der Waals surface area contributed by atoms with Gasteiger partial charge in [-0.15, -0.1) is 0 Å². The Bertz CT molecular complexity index is 953. The first-order valence-corrected chi connectivity index (χ1v) is 13.8. The number of rotatable bonds is 13. The van der Waals surface area contributed by atoms with Crippen molar-refractivity contribution in [2.24, 2.45) is 10.9 Å². The van der Waals surface area contributed by atoms with Gasteiger partial charge in [-0.1, -0.05) is 109 Å². The number of allylic oxidation sites excluding steroid dienone is 2. The Hall–Kier alpha value is -2.65. The summed E-state index contributed by atoms with van der Waals surface area (Å²) in [6.07, 6.45) is 14.5. The third kappa shape index (κ3) is 12.4. The number of Topliss-reactive ketones (excluding diaryl/α,β-unsaturated/α-hetero) is 1. The molecule has 2 aromatic rings. The highest BCUT2D eigenvalue weighted by Crippen LogP contribution is 2.22. The van der Waals surface area contributed by atoms with E-state index in [0.717, 1.165) is 29.2 Å². The Morgan fingerprint density at radius 2 is 1.44 bits per heavy atom. The smallest absolute Gasteiger partial charge is 0.159 e. The maximum Gasteiger partial charge on any atom is 0.159 e. The lowest BCUT2D eigenvalue weighted by atomic mass is 10.1. The van der Waals surface area contributed by atoms with Crippen molar-refractivity contribution in [3.8, 4) is 0 Å². The summed E-state index contributed by atoms with van der Waals surface area (Å²) in [5, 5.41) is 4.09. The van der Waals surface area contributed by atoms with E-state index in [9.17, 15) is 4.79 Å². The first-order valence-electron chi connectivity index (χ1n) is 13.4. The highest BCUT2D eigenvalue weighted by Gasteiger charge is 2.11. The van der Waals surface area contributed by atoms with Gasteiger partial charge in [-0.05, 0) is 55.8 Å². The number of ketones is 1. The van der Waals surface area contributed by atoms with Crippen molar-refractivity contribution in [1.82, 2.24) is 0 Å². The van der Waals surface area contributed by atoms with Crippen LogP contribution in [0.3, 0.4) is 0 Å². The van der Waals surface area contributed by atoms with Gasteiger partial charge in [0.25, 0.3) is 0 Å². The Labute approximate surface area is 224 Å². The van der Waals surface area contributed by atoms with Crippen molar-refractivity contribution in [3.05, 3.63) is 83.4 Å². The van der Waals surface area contributed by atoms with Gasteiger partial charge >= 0.3 is 0 Å². The van der Waals surface area contributed by atoms with Gasteiger partial charge in [0.1, 0.15) is 5.84 Å². The summed E-state index contributed by atoms with van der Waals surface area (Å²) in [5.74, 6) is 1.14. The minimum absolute atomic E-state index is 0.0521. The molecule has 1 N–H and O–H groups in total. The number of halogens is 1. The number of nitrogens with zero attached hydrogens (tertiary/aromatic N) is 1. The first kappa shape index (κ1) is 31.4. The molecule has 0 amide bonds. The molecule has 0 bridgehead atoms. The van der Waals surface area contributed by atoms with Gasteiger partial charge in [0, 0.05) is 27.8 Å². The number of nitrogens with one attached hydrogen (secondary N) is 1. The van der Waals surface area contributed by atoms with Crippen LogP contribution < -0.4 is 5.32 Å². The van der Waals surface area contributed by atoms with Gasteiger partial charge in [0.05, 0.1) is 5.70 Å². The van der Waals surface area contributed by atoms with Gasteiger partial charge in [0.15, 0.2) is 5.78 Å². The number of carbonyl (C=O) groups is 1. The molecule has 0 aromatic heterocycles. The molecule has 0 aliphatic carbocycles. The molecule has 36 heavy (non-hydrogen) atoms. The van der Waals surface area contributed by atoms with E-state index in [0.29, 0.717) is 10.6 Å². The number of aliphatic imine (C=N–C) groups is 1. The molecule has 2 rings (SSSR count). The lowest BCUT2D eigenvalue weighted by Crippen LogP contribution is -2.20. The lowest BCUT2D eigenvalue weighted by Gasteiger charge is -2.17. The molecule has 0 heterocycles. The average molecular weight is 509 g/mol. The first-order chi connectivity index (χ1) is 17.4. The molecule has 1 atom stereocenters. The van der Waals surface area contributed by atoms with Crippen LogP contribution in [0.25, 0.3) is 5.70 Å². The van der Waals surface area contributed by atoms with Crippen LogP contribution >= 0.6 is 11.6 Å². The van der Waals surface area contributed by atoms with E-state index in [2.05, 4.69) is 39.6 Å². The van der Waals surface area contributed by atoms with Crippen molar-refractivity contribution in [2.75, 3.05) is 5.32 Å². The number of anilines is 1. The number of benzene rings is 2. The Balaban J connectivity index is 0.000000613. The molecule has 0 spiro atoms. The number of hydrogen-bond donors (Lipinski definition) is 1. The van der Waals surface area contributed by atoms with E-state index in [1.807, 2.05) is 54.6 Å². The Kier molecular flexibility index (Phi) is 16.2. The normalized spacial score (nSPS) is 12.4. The molecule has 0 radical (unpaired) electrons. The summed E-state index contributed by atoms with van der Waals surface area (Å²) in [6, 6.07) is 15.0. The minimum Gasteiger partial charge on any atom is -0.344 e. The van der Waals surface area contributed by atoms with Gasteiger partial charge < -0.3 is 5.32 Å². The molecule has 4 heteroatoms. The SMILES string of the molecule is C=C/C=C(\N=C(Nc1ccc(C(C)=O)cc1)C(C)CC)c1ccc(Cl)cc1.CCCCCCCCC. The maximum atomic E-state index is 11.5. The van der Waals surface area contributed by atoms with Crippen molar-refractivity contribution in [3.63, 3.8) is 0 Å².